The molecule has 0 saturated heterocycles. The van der Waals surface area contributed by atoms with Crippen molar-refractivity contribution >= 4 is 5.97 Å². The van der Waals surface area contributed by atoms with Crippen molar-refractivity contribution in [2.45, 2.75) is 77.6 Å². The molecule has 0 bridgehead atoms. The minimum absolute atomic E-state index is 0.0953. The molecular weight excluding hydrogens is 248 g/mol. The number of hydrogen-bond donors (Lipinski definition) is 0. The molecule has 0 N–H and O–H groups in total. The molecule has 0 amide bonds. The summed E-state index contributed by atoms with van der Waals surface area (Å²) in [6.07, 6.45) is 19.3. The Balaban J connectivity index is 3.12. The topological polar surface area (TPSA) is 26.3 Å². The first-order valence-electron chi connectivity index (χ1n) is 8.22. The number of esters is 1. The summed E-state index contributed by atoms with van der Waals surface area (Å²) in [5.41, 5.74) is 0. The molecule has 0 radical (unpaired) electrons. The zero-order valence-corrected chi connectivity index (χ0v) is 13.2. The molecular formula is C18H32O2. The average molecular weight is 280 g/mol. The van der Waals surface area contributed by atoms with E-state index in [9.17, 15) is 4.79 Å². The second-order valence-electron chi connectivity index (χ2n) is 5.18. The smallest absolute Gasteiger partial charge is 0.305 e. The van der Waals surface area contributed by atoms with Crippen molar-refractivity contribution in [1.82, 2.24) is 0 Å². The van der Waals surface area contributed by atoms with Gasteiger partial charge < -0.3 is 4.74 Å². The van der Waals surface area contributed by atoms with Gasteiger partial charge in [0.15, 0.2) is 0 Å². The molecule has 0 rings (SSSR count). The van der Waals surface area contributed by atoms with Gasteiger partial charge in [0, 0.05) is 6.42 Å². The van der Waals surface area contributed by atoms with Crippen LogP contribution in [0.3, 0.4) is 0 Å². The van der Waals surface area contributed by atoms with Gasteiger partial charge in [-0.15, -0.1) is 6.58 Å². The molecule has 0 saturated carbocycles. The Bertz CT molecular complexity index is 256. The van der Waals surface area contributed by atoms with Crippen LogP contribution in [-0.2, 0) is 9.53 Å². The minimum atomic E-state index is -0.0953. The number of unbranched alkanes of at least 4 members (excludes halogenated alkanes) is 8. The van der Waals surface area contributed by atoms with Crippen LogP contribution in [0.15, 0.2) is 24.8 Å². The number of carbonyl (C=O) groups is 1. The fourth-order valence-electron chi connectivity index (χ4n) is 1.98. The van der Waals surface area contributed by atoms with Gasteiger partial charge in [0.2, 0.25) is 0 Å². The van der Waals surface area contributed by atoms with Gasteiger partial charge in [-0.05, 0) is 38.5 Å². The number of allylic oxidation sites excluding steroid dienone is 3. The Hall–Kier alpha value is -1.05. The molecule has 0 aromatic carbocycles. The SMILES string of the molecule is C=CCCCCCCCC/C=C/CCCOC(=O)CC. The van der Waals surface area contributed by atoms with E-state index in [1.807, 2.05) is 13.0 Å². The molecule has 116 valence electrons. The summed E-state index contributed by atoms with van der Waals surface area (Å²) in [7, 11) is 0. The quantitative estimate of drug-likeness (QED) is 0.236. The fraction of sp³-hybridized carbons (Fsp3) is 0.722. The van der Waals surface area contributed by atoms with Crippen LogP contribution in [0, 0.1) is 0 Å². The summed E-state index contributed by atoms with van der Waals surface area (Å²) in [6, 6.07) is 0. The molecule has 2 nitrogen and oxygen atoms in total. The van der Waals surface area contributed by atoms with E-state index in [2.05, 4.69) is 18.7 Å². The Morgan fingerprint density at radius 2 is 1.45 bits per heavy atom. The van der Waals surface area contributed by atoms with Crippen LogP contribution in [0.4, 0.5) is 0 Å². The maximum absolute atomic E-state index is 10.9. The van der Waals surface area contributed by atoms with Crippen molar-refractivity contribution in [3.8, 4) is 0 Å². The molecule has 0 heterocycles. The van der Waals surface area contributed by atoms with Crippen LogP contribution in [0.1, 0.15) is 77.6 Å². The van der Waals surface area contributed by atoms with Crippen LogP contribution >= 0.6 is 0 Å². The monoisotopic (exact) mass is 280 g/mol. The standard InChI is InChI=1S/C18H32O2/c1-3-5-6-7-8-9-10-11-12-13-14-15-16-17-20-18(19)4-2/h3,13-14H,1,4-12,15-17H2,2H3/b14-13+. The highest BCUT2D eigenvalue weighted by molar-refractivity contribution is 5.68. The lowest BCUT2D eigenvalue weighted by Crippen LogP contribution is -2.03. The van der Waals surface area contributed by atoms with Crippen LogP contribution < -0.4 is 0 Å². The van der Waals surface area contributed by atoms with Crippen molar-refractivity contribution in [3.05, 3.63) is 24.8 Å². The van der Waals surface area contributed by atoms with E-state index < -0.39 is 0 Å². The van der Waals surface area contributed by atoms with E-state index in [1.54, 1.807) is 0 Å². The lowest BCUT2D eigenvalue weighted by Gasteiger charge is -2.00. The summed E-state index contributed by atoms with van der Waals surface area (Å²) in [4.78, 5) is 10.9. The van der Waals surface area contributed by atoms with Crippen LogP contribution in [-0.4, -0.2) is 12.6 Å². The molecule has 0 aliphatic rings. The molecule has 0 spiro atoms. The first-order valence-corrected chi connectivity index (χ1v) is 8.22. The normalized spacial score (nSPS) is 10.8. The number of carbonyl (C=O) groups excluding carboxylic acids is 1. The summed E-state index contributed by atoms with van der Waals surface area (Å²) in [5.74, 6) is -0.0953. The van der Waals surface area contributed by atoms with Crippen molar-refractivity contribution in [2.24, 2.45) is 0 Å². The lowest BCUT2D eigenvalue weighted by molar-refractivity contribution is -0.143. The first kappa shape index (κ1) is 18.9. The van der Waals surface area contributed by atoms with E-state index in [0.29, 0.717) is 13.0 Å². The molecule has 0 atom stereocenters. The summed E-state index contributed by atoms with van der Waals surface area (Å²) >= 11 is 0. The van der Waals surface area contributed by atoms with E-state index in [0.717, 1.165) is 19.3 Å². The molecule has 0 aliphatic heterocycles. The number of rotatable bonds is 14. The van der Waals surface area contributed by atoms with Crippen molar-refractivity contribution in [2.75, 3.05) is 6.61 Å². The summed E-state index contributed by atoms with van der Waals surface area (Å²) < 4.78 is 5.01. The predicted molar refractivity (Wildman–Crippen MR) is 86.8 cm³/mol. The van der Waals surface area contributed by atoms with E-state index in [1.165, 1.54) is 44.9 Å². The molecule has 0 aromatic rings. The summed E-state index contributed by atoms with van der Waals surface area (Å²) in [5, 5.41) is 0. The number of ether oxygens (including phenoxy) is 1. The molecule has 0 fully saturated rings. The van der Waals surface area contributed by atoms with E-state index in [4.69, 9.17) is 4.74 Å². The maximum atomic E-state index is 10.9. The highest BCUT2D eigenvalue weighted by Crippen LogP contribution is 2.09. The highest BCUT2D eigenvalue weighted by Gasteiger charge is 1.95. The zero-order valence-electron chi connectivity index (χ0n) is 13.2. The summed E-state index contributed by atoms with van der Waals surface area (Å²) in [6.45, 7) is 6.11. The average Bonchev–Trinajstić information content (AvgIpc) is 2.47. The third-order valence-corrected chi connectivity index (χ3v) is 3.26. The van der Waals surface area contributed by atoms with E-state index >= 15 is 0 Å². The van der Waals surface area contributed by atoms with Crippen LogP contribution in [0.25, 0.3) is 0 Å². The van der Waals surface area contributed by atoms with Gasteiger partial charge in [0.25, 0.3) is 0 Å². The van der Waals surface area contributed by atoms with Gasteiger partial charge in [0.05, 0.1) is 6.61 Å². The molecule has 0 aliphatic carbocycles. The van der Waals surface area contributed by atoms with Gasteiger partial charge in [0.1, 0.15) is 0 Å². The second kappa shape index (κ2) is 16.0. The molecule has 0 unspecified atom stereocenters. The van der Waals surface area contributed by atoms with Crippen molar-refractivity contribution in [1.29, 1.82) is 0 Å². The van der Waals surface area contributed by atoms with Crippen LogP contribution in [0.2, 0.25) is 0 Å². The van der Waals surface area contributed by atoms with Crippen molar-refractivity contribution in [3.63, 3.8) is 0 Å². The number of hydrogen-bond acceptors (Lipinski definition) is 2. The molecule has 2 heteroatoms. The Morgan fingerprint density at radius 3 is 2.05 bits per heavy atom. The predicted octanol–water partition coefficient (Wildman–Crippen LogP) is 5.58. The maximum Gasteiger partial charge on any atom is 0.305 e. The Kier molecular flexibility index (Phi) is 15.2. The highest BCUT2D eigenvalue weighted by atomic mass is 16.5. The largest absolute Gasteiger partial charge is 0.466 e. The van der Waals surface area contributed by atoms with Gasteiger partial charge in [-0.2, -0.15) is 0 Å². The van der Waals surface area contributed by atoms with Gasteiger partial charge in [-0.3, -0.25) is 4.79 Å². The van der Waals surface area contributed by atoms with Gasteiger partial charge >= 0.3 is 5.97 Å². The minimum Gasteiger partial charge on any atom is -0.466 e. The Labute approximate surface area is 125 Å². The molecule has 20 heavy (non-hydrogen) atoms. The zero-order chi connectivity index (χ0) is 14.9. The lowest BCUT2D eigenvalue weighted by atomic mass is 10.1. The fourth-order valence-corrected chi connectivity index (χ4v) is 1.98. The van der Waals surface area contributed by atoms with Gasteiger partial charge in [-0.25, -0.2) is 0 Å². The van der Waals surface area contributed by atoms with Crippen molar-refractivity contribution < 1.29 is 9.53 Å². The third kappa shape index (κ3) is 15.0. The third-order valence-electron chi connectivity index (χ3n) is 3.26. The Morgan fingerprint density at radius 1 is 0.900 bits per heavy atom. The van der Waals surface area contributed by atoms with Gasteiger partial charge in [-0.1, -0.05) is 50.8 Å². The second-order valence-corrected chi connectivity index (χ2v) is 5.18. The first-order chi connectivity index (χ1) is 9.81. The molecule has 0 aromatic heterocycles. The van der Waals surface area contributed by atoms with E-state index in [-0.39, 0.29) is 5.97 Å². The van der Waals surface area contributed by atoms with Crippen LogP contribution in [0.5, 0.6) is 0 Å².